The lowest BCUT2D eigenvalue weighted by Gasteiger charge is -2.12. The molecule has 0 amide bonds. The van der Waals surface area contributed by atoms with Crippen LogP contribution >= 0.6 is 0 Å². The summed E-state index contributed by atoms with van der Waals surface area (Å²) in [6, 6.07) is 18.3. The molecule has 0 atom stereocenters. The van der Waals surface area contributed by atoms with Crippen molar-refractivity contribution in [2.75, 3.05) is 10.6 Å². The van der Waals surface area contributed by atoms with Crippen molar-refractivity contribution in [3.8, 4) is 0 Å². The van der Waals surface area contributed by atoms with Crippen LogP contribution < -0.4 is 10.6 Å². The molecular formula is C22H24N4. The molecule has 4 heteroatoms. The van der Waals surface area contributed by atoms with Crippen molar-refractivity contribution >= 4 is 23.1 Å². The van der Waals surface area contributed by atoms with Crippen molar-refractivity contribution in [3.05, 3.63) is 83.6 Å². The number of allylic oxidation sites excluding steroid dienone is 2. The van der Waals surface area contributed by atoms with Crippen molar-refractivity contribution in [1.82, 2.24) is 9.97 Å². The van der Waals surface area contributed by atoms with Gasteiger partial charge >= 0.3 is 0 Å². The van der Waals surface area contributed by atoms with Crippen molar-refractivity contribution in [1.29, 1.82) is 0 Å². The van der Waals surface area contributed by atoms with E-state index in [-0.39, 0.29) is 0 Å². The number of hydrogen-bond acceptors (Lipinski definition) is 4. The number of rotatable bonds is 6. The fraction of sp³-hybridized carbons (Fsp3) is 0.182. The molecule has 132 valence electrons. The summed E-state index contributed by atoms with van der Waals surface area (Å²) in [7, 11) is 0. The van der Waals surface area contributed by atoms with Crippen LogP contribution in [0.15, 0.2) is 72.4 Å². The average molecular weight is 344 g/mol. The number of anilines is 4. The lowest BCUT2D eigenvalue weighted by Crippen LogP contribution is -2.03. The summed E-state index contributed by atoms with van der Waals surface area (Å²) in [5.41, 5.74) is 5.58. The zero-order valence-electron chi connectivity index (χ0n) is 15.5. The van der Waals surface area contributed by atoms with Crippen LogP contribution in [0.2, 0.25) is 0 Å². The minimum Gasteiger partial charge on any atom is -0.340 e. The molecule has 0 spiro atoms. The maximum atomic E-state index is 4.62. The normalized spacial score (nSPS) is 10.3. The highest BCUT2D eigenvalue weighted by Crippen LogP contribution is 2.22. The van der Waals surface area contributed by atoms with Crippen molar-refractivity contribution in [3.63, 3.8) is 0 Å². The lowest BCUT2D eigenvalue weighted by molar-refractivity contribution is 1.13. The summed E-state index contributed by atoms with van der Waals surface area (Å²) in [6.07, 6.45) is 4.99. The molecule has 0 aliphatic heterocycles. The van der Waals surface area contributed by atoms with Gasteiger partial charge in [0.2, 0.25) is 5.95 Å². The number of para-hydroxylation sites is 1. The van der Waals surface area contributed by atoms with E-state index in [0.717, 1.165) is 29.2 Å². The van der Waals surface area contributed by atoms with Gasteiger partial charge in [0.1, 0.15) is 5.82 Å². The van der Waals surface area contributed by atoms with E-state index in [1.54, 1.807) is 0 Å². The molecule has 4 nitrogen and oxygen atoms in total. The van der Waals surface area contributed by atoms with E-state index in [2.05, 4.69) is 64.8 Å². The van der Waals surface area contributed by atoms with E-state index in [1.165, 1.54) is 11.1 Å². The highest BCUT2D eigenvalue weighted by molar-refractivity contribution is 5.62. The Labute approximate surface area is 155 Å². The summed E-state index contributed by atoms with van der Waals surface area (Å²) in [5, 5.41) is 6.65. The second kappa shape index (κ2) is 8.30. The Morgan fingerprint density at radius 2 is 1.73 bits per heavy atom. The molecule has 3 rings (SSSR count). The molecule has 0 bridgehead atoms. The maximum Gasteiger partial charge on any atom is 0.229 e. The lowest BCUT2D eigenvalue weighted by atomic mass is 10.1. The smallest absolute Gasteiger partial charge is 0.229 e. The Kier molecular flexibility index (Phi) is 5.64. The Hall–Kier alpha value is -3.14. The molecule has 26 heavy (non-hydrogen) atoms. The Bertz CT molecular complexity index is 897. The fourth-order valence-corrected chi connectivity index (χ4v) is 2.51. The summed E-state index contributed by atoms with van der Waals surface area (Å²) in [4.78, 5) is 8.99. The Balaban J connectivity index is 1.78. The molecule has 3 aromatic rings. The zero-order valence-corrected chi connectivity index (χ0v) is 15.5. The average Bonchev–Trinajstić information content (AvgIpc) is 2.64. The van der Waals surface area contributed by atoms with Gasteiger partial charge in [0.15, 0.2) is 0 Å². The van der Waals surface area contributed by atoms with Gasteiger partial charge in [-0.3, -0.25) is 0 Å². The van der Waals surface area contributed by atoms with Gasteiger partial charge in [-0.1, -0.05) is 42.0 Å². The molecule has 0 saturated heterocycles. The summed E-state index contributed by atoms with van der Waals surface area (Å²) in [5.74, 6) is 1.38. The summed E-state index contributed by atoms with van der Waals surface area (Å²) in [6.45, 7) is 6.24. The van der Waals surface area contributed by atoms with Crippen LogP contribution in [0.1, 0.15) is 25.0 Å². The highest BCUT2D eigenvalue weighted by Gasteiger charge is 2.05. The second-order valence-corrected chi connectivity index (χ2v) is 6.53. The number of hydrogen-bond donors (Lipinski definition) is 2. The predicted octanol–water partition coefficient (Wildman–Crippen LogP) is 5.78. The SMILES string of the molecule is CC(C)=CCc1cccc(Nc2nc(Nc3ccccc3)ncc2C)c1. The quantitative estimate of drug-likeness (QED) is 0.556. The van der Waals surface area contributed by atoms with Gasteiger partial charge in [0.05, 0.1) is 0 Å². The molecule has 1 heterocycles. The standard InChI is InChI=1S/C22H24N4/c1-16(2)12-13-18-8-7-11-20(14-18)24-21-17(3)15-23-22(26-21)25-19-9-5-4-6-10-19/h4-12,14-15H,13H2,1-3H3,(H2,23,24,25,26). The number of benzene rings is 2. The number of nitrogens with one attached hydrogen (secondary N) is 2. The van der Waals surface area contributed by atoms with Crippen LogP contribution in [0.5, 0.6) is 0 Å². The molecule has 0 radical (unpaired) electrons. The first-order chi connectivity index (χ1) is 12.6. The minimum absolute atomic E-state index is 0.574. The van der Waals surface area contributed by atoms with Gasteiger partial charge in [-0.05, 0) is 57.0 Å². The second-order valence-electron chi connectivity index (χ2n) is 6.53. The van der Waals surface area contributed by atoms with Gasteiger partial charge < -0.3 is 10.6 Å². The predicted molar refractivity (Wildman–Crippen MR) is 109 cm³/mol. The number of aryl methyl sites for hydroxylation is 1. The molecule has 0 saturated carbocycles. The van der Waals surface area contributed by atoms with Gasteiger partial charge in [-0.15, -0.1) is 0 Å². The first-order valence-corrected chi connectivity index (χ1v) is 8.75. The minimum atomic E-state index is 0.574. The molecule has 2 N–H and O–H groups in total. The van der Waals surface area contributed by atoms with Crippen molar-refractivity contribution in [2.45, 2.75) is 27.2 Å². The van der Waals surface area contributed by atoms with Crippen LogP contribution in [-0.2, 0) is 6.42 Å². The monoisotopic (exact) mass is 344 g/mol. The van der Waals surface area contributed by atoms with E-state index in [4.69, 9.17) is 0 Å². The van der Waals surface area contributed by atoms with E-state index in [1.807, 2.05) is 43.5 Å². The number of aromatic nitrogens is 2. The largest absolute Gasteiger partial charge is 0.340 e. The molecule has 1 aromatic heterocycles. The number of nitrogens with zero attached hydrogens (tertiary/aromatic N) is 2. The summed E-state index contributed by atoms with van der Waals surface area (Å²) < 4.78 is 0. The van der Waals surface area contributed by atoms with Crippen LogP contribution in [0.25, 0.3) is 0 Å². The van der Waals surface area contributed by atoms with E-state index >= 15 is 0 Å². The van der Waals surface area contributed by atoms with Crippen LogP contribution in [0.4, 0.5) is 23.1 Å². The topological polar surface area (TPSA) is 49.8 Å². The van der Waals surface area contributed by atoms with Crippen molar-refractivity contribution < 1.29 is 0 Å². The highest BCUT2D eigenvalue weighted by atomic mass is 15.1. The molecular weight excluding hydrogens is 320 g/mol. The maximum absolute atomic E-state index is 4.62. The molecule has 2 aromatic carbocycles. The molecule has 0 fully saturated rings. The van der Waals surface area contributed by atoms with Crippen LogP contribution in [0.3, 0.4) is 0 Å². The first-order valence-electron chi connectivity index (χ1n) is 8.75. The summed E-state index contributed by atoms with van der Waals surface area (Å²) >= 11 is 0. The third-order valence-electron chi connectivity index (χ3n) is 3.94. The van der Waals surface area contributed by atoms with Crippen molar-refractivity contribution in [2.24, 2.45) is 0 Å². The van der Waals surface area contributed by atoms with Crippen LogP contribution in [0, 0.1) is 6.92 Å². The third-order valence-corrected chi connectivity index (χ3v) is 3.94. The first kappa shape index (κ1) is 17.7. The van der Waals surface area contributed by atoms with Gasteiger partial charge in [0, 0.05) is 23.1 Å². The molecule has 0 aliphatic carbocycles. The Morgan fingerprint density at radius 1 is 0.962 bits per heavy atom. The van der Waals surface area contributed by atoms with E-state index < -0.39 is 0 Å². The van der Waals surface area contributed by atoms with E-state index in [9.17, 15) is 0 Å². The fourth-order valence-electron chi connectivity index (χ4n) is 2.51. The van der Waals surface area contributed by atoms with Gasteiger partial charge in [-0.2, -0.15) is 4.98 Å². The van der Waals surface area contributed by atoms with Crippen LogP contribution in [-0.4, -0.2) is 9.97 Å². The third kappa shape index (κ3) is 4.93. The van der Waals surface area contributed by atoms with Gasteiger partial charge in [0.25, 0.3) is 0 Å². The van der Waals surface area contributed by atoms with Gasteiger partial charge in [-0.25, -0.2) is 4.98 Å². The Morgan fingerprint density at radius 3 is 2.50 bits per heavy atom. The molecule has 0 aliphatic rings. The zero-order chi connectivity index (χ0) is 18.4. The van der Waals surface area contributed by atoms with E-state index in [0.29, 0.717) is 5.95 Å². The molecule has 0 unspecified atom stereocenters.